The van der Waals surface area contributed by atoms with E-state index in [1.54, 1.807) is 6.92 Å². The van der Waals surface area contributed by atoms with Crippen LogP contribution in [0.25, 0.3) is 0 Å². The summed E-state index contributed by atoms with van der Waals surface area (Å²) in [5.74, 6) is 0.629. The number of hydrogen-bond acceptors (Lipinski definition) is 3. The van der Waals surface area contributed by atoms with Gasteiger partial charge in [-0.05, 0) is 37.8 Å². The molecule has 0 spiro atoms. The highest BCUT2D eigenvalue weighted by Crippen LogP contribution is 2.29. The highest BCUT2D eigenvalue weighted by Gasteiger charge is 2.21. The Hall–Kier alpha value is -1.13. The van der Waals surface area contributed by atoms with Crippen molar-refractivity contribution in [2.45, 2.75) is 25.9 Å². The molecule has 0 amide bonds. The first-order valence-corrected chi connectivity index (χ1v) is 5.85. The van der Waals surface area contributed by atoms with Gasteiger partial charge in [-0.25, -0.2) is 4.39 Å². The topological polar surface area (TPSA) is 38.7 Å². The molecule has 1 fully saturated rings. The molecule has 1 N–H and O–H groups in total. The summed E-state index contributed by atoms with van der Waals surface area (Å²) in [6.45, 7) is 2.41. The van der Waals surface area contributed by atoms with E-state index in [-0.39, 0.29) is 12.6 Å². The molecule has 0 radical (unpaired) electrons. The first kappa shape index (κ1) is 12.3. The summed E-state index contributed by atoms with van der Waals surface area (Å²) in [5, 5.41) is 9.51. The Labute approximate surface area is 100 Å². The molecule has 1 aromatic carbocycles. The van der Waals surface area contributed by atoms with Crippen LogP contribution in [0, 0.1) is 11.7 Å². The summed E-state index contributed by atoms with van der Waals surface area (Å²) in [5.41, 5.74) is 0.571. The summed E-state index contributed by atoms with van der Waals surface area (Å²) < 4.78 is 23.7. The van der Waals surface area contributed by atoms with Crippen LogP contribution < -0.4 is 4.74 Å². The van der Waals surface area contributed by atoms with E-state index in [1.807, 2.05) is 0 Å². The van der Waals surface area contributed by atoms with E-state index in [9.17, 15) is 9.50 Å². The molecule has 1 saturated carbocycles. The Morgan fingerprint density at radius 2 is 2.24 bits per heavy atom. The molecule has 0 heterocycles. The van der Waals surface area contributed by atoms with E-state index < -0.39 is 6.10 Å². The minimum atomic E-state index is -0.686. The highest BCUT2D eigenvalue weighted by atomic mass is 19.1. The average Bonchev–Trinajstić information content (AvgIpc) is 3.08. The maximum absolute atomic E-state index is 13.1. The molecule has 1 aromatic rings. The lowest BCUT2D eigenvalue weighted by Gasteiger charge is -2.13. The van der Waals surface area contributed by atoms with Gasteiger partial charge in [0.15, 0.2) is 6.79 Å². The quantitative estimate of drug-likeness (QED) is 0.613. The molecular weight excluding hydrogens is 223 g/mol. The molecular formula is C13H17FO3. The van der Waals surface area contributed by atoms with Crippen molar-refractivity contribution in [1.82, 2.24) is 0 Å². The lowest BCUT2D eigenvalue weighted by molar-refractivity contribution is 0.00815. The van der Waals surface area contributed by atoms with E-state index in [0.29, 0.717) is 23.8 Å². The van der Waals surface area contributed by atoms with Crippen LogP contribution >= 0.6 is 0 Å². The zero-order valence-electron chi connectivity index (χ0n) is 9.86. The highest BCUT2D eigenvalue weighted by molar-refractivity contribution is 5.35. The zero-order valence-corrected chi connectivity index (χ0v) is 9.86. The maximum Gasteiger partial charge on any atom is 0.189 e. The monoisotopic (exact) mass is 240 g/mol. The second-order valence-electron chi connectivity index (χ2n) is 4.43. The van der Waals surface area contributed by atoms with Gasteiger partial charge in [0.25, 0.3) is 0 Å². The lowest BCUT2D eigenvalue weighted by atomic mass is 10.1. The molecule has 2 rings (SSSR count). The van der Waals surface area contributed by atoms with Gasteiger partial charge >= 0.3 is 0 Å². The Kier molecular flexibility index (Phi) is 3.97. The summed E-state index contributed by atoms with van der Waals surface area (Å²) in [6, 6.07) is 4.10. The van der Waals surface area contributed by atoms with Crippen molar-refractivity contribution in [3.63, 3.8) is 0 Å². The Bertz CT molecular complexity index is 375. The fraction of sp³-hybridized carbons (Fsp3) is 0.538. The molecule has 0 bridgehead atoms. The van der Waals surface area contributed by atoms with Crippen molar-refractivity contribution in [3.05, 3.63) is 29.6 Å². The third-order valence-corrected chi connectivity index (χ3v) is 2.77. The normalized spacial score (nSPS) is 16.9. The van der Waals surface area contributed by atoms with Crippen LogP contribution in [-0.2, 0) is 4.74 Å². The van der Waals surface area contributed by atoms with Gasteiger partial charge < -0.3 is 14.6 Å². The number of aliphatic hydroxyl groups excluding tert-OH is 1. The predicted molar refractivity (Wildman–Crippen MR) is 61.2 cm³/mol. The van der Waals surface area contributed by atoms with Crippen molar-refractivity contribution in [1.29, 1.82) is 0 Å². The molecule has 1 atom stereocenters. The number of halogens is 1. The number of benzene rings is 1. The number of hydrogen-bond donors (Lipinski definition) is 1. The van der Waals surface area contributed by atoms with Crippen LogP contribution in [-0.4, -0.2) is 18.5 Å². The first-order chi connectivity index (χ1) is 8.16. The second kappa shape index (κ2) is 5.47. The standard InChI is InChI=1S/C13H17FO3/c1-9(15)12-5-4-11(14)6-13(12)17-8-16-7-10-2-3-10/h4-6,9-10,15H,2-3,7-8H2,1H3/t9-/m1/s1. The first-order valence-electron chi connectivity index (χ1n) is 5.85. The number of ether oxygens (including phenoxy) is 2. The Morgan fingerprint density at radius 1 is 1.47 bits per heavy atom. The van der Waals surface area contributed by atoms with Crippen LogP contribution in [0.3, 0.4) is 0 Å². The molecule has 0 unspecified atom stereocenters. The van der Waals surface area contributed by atoms with Crippen LogP contribution in [0.2, 0.25) is 0 Å². The molecule has 4 heteroatoms. The SMILES string of the molecule is C[C@@H](O)c1ccc(F)cc1OCOCC1CC1. The largest absolute Gasteiger partial charge is 0.467 e. The minimum absolute atomic E-state index is 0.0969. The minimum Gasteiger partial charge on any atom is -0.467 e. The van der Waals surface area contributed by atoms with Gasteiger partial charge in [0, 0.05) is 11.6 Å². The van der Waals surface area contributed by atoms with Crippen LogP contribution in [0.4, 0.5) is 4.39 Å². The third-order valence-electron chi connectivity index (χ3n) is 2.77. The summed E-state index contributed by atoms with van der Waals surface area (Å²) in [4.78, 5) is 0. The van der Waals surface area contributed by atoms with Crippen LogP contribution in [0.1, 0.15) is 31.4 Å². The van der Waals surface area contributed by atoms with Gasteiger partial charge in [-0.2, -0.15) is 0 Å². The fourth-order valence-corrected chi connectivity index (χ4v) is 1.58. The summed E-state index contributed by atoms with van der Waals surface area (Å²) in [7, 11) is 0. The van der Waals surface area contributed by atoms with E-state index >= 15 is 0 Å². The Morgan fingerprint density at radius 3 is 2.88 bits per heavy atom. The zero-order chi connectivity index (χ0) is 12.3. The second-order valence-corrected chi connectivity index (χ2v) is 4.43. The van der Waals surface area contributed by atoms with Crippen molar-refractivity contribution in [2.24, 2.45) is 5.92 Å². The van der Waals surface area contributed by atoms with E-state index in [4.69, 9.17) is 9.47 Å². The van der Waals surface area contributed by atoms with Gasteiger partial charge in [0.1, 0.15) is 11.6 Å². The van der Waals surface area contributed by atoms with E-state index in [2.05, 4.69) is 0 Å². The van der Waals surface area contributed by atoms with Crippen molar-refractivity contribution in [3.8, 4) is 5.75 Å². The summed E-state index contributed by atoms with van der Waals surface area (Å²) >= 11 is 0. The van der Waals surface area contributed by atoms with E-state index in [0.717, 1.165) is 0 Å². The van der Waals surface area contributed by atoms with Gasteiger partial charge in [-0.1, -0.05) is 0 Å². The van der Waals surface area contributed by atoms with Gasteiger partial charge in [-0.15, -0.1) is 0 Å². The van der Waals surface area contributed by atoms with Gasteiger partial charge in [0.05, 0.1) is 12.7 Å². The molecule has 0 aliphatic heterocycles. The molecule has 3 nitrogen and oxygen atoms in total. The molecule has 1 aliphatic carbocycles. The molecule has 1 aliphatic rings. The number of rotatable bonds is 6. The fourth-order valence-electron chi connectivity index (χ4n) is 1.58. The molecule has 17 heavy (non-hydrogen) atoms. The van der Waals surface area contributed by atoms with E-state index in [1.165, 1.54) is 31.0 Å². The van der Waals surface area contributed by atoms with Crippen LogP contribution in [0.5, 0.6) is 5.75 Å². The smallest absolute Gasteiger partial charge is 0.189 e. The molecule has 0 saturated heterocycles. The maximum atomic E-state index is 13.1. The molecule has 94 valence electrons. The average molecular weight is 240 g/mol. The predicted octanol–water partition coefficient (Wildman–Crippen LogP) is 2.64. The van der Waals surface area contributed by atoms with Crippen molar-refractivity contribution >= 4 is 0 Å². The number of aliphatic hydroxyl groups is 1. The third kappa shape index (κ3) is 3.68. The van der Waals surface area contributed by atoms with Gasteiger partial charge in [0.2, 0.25) is 0 Å². The van der Waals surface area contributed by atoms with Crippen molar-refractivity contribution in [2.75, 3.05) is 13.4 Å². The van der Waals surface area contributed by atoms with Crippen LogP contribution in [0.15, 0.2) is 18.2 Å². The molecule has 0 aromatic heterocycles. The van der Waals surface area contributed by atoms with Gasteiger partial charge in [-0.3, -0.25) is 0 Å². The Balaban J connectivity index is 1.89. The van der Waals surface area contributed by atoms with Crippen molar-refractivity contribution < 1.29 is 19.0 Å². The summed E-state index contributed by atoms with van der Waals surface area (Å²) in [6.07, 6.45) is 1.76. The lowest BCUT2D eigenvalue weighted by Crippen LogP contribution is -2.07.